The summed E-state index contributed by atoms with van der Waals surface area (Å²) < 4.78 is 140. The summed E-state index contributed by atoms with van der Waals surface area (Å²) in [6.45, 7) is 0. The van der Waals surface area contributed by atoms with Gasteiger partial charge < -0.3 is 0 Å². The van der Waals surface area contributed by atoms with Gasteiger partial charge in [-0.05, 0) is 0 Å². The number of hydrogen-bond donors (Lipinski definition) is 0. The molecule has 0 fully saturated rings. The molecule has 0 aliphatic heterocycles. The van der Waals surface area contributed by atoms with E-state index in [4.69, 9.17) is 6.14 Å². The molecule has 0 saturated carbocycles. The first kappa shape index (κ1) is 37.2. The molecule has 49 heavy (non-hydrogen) atoms. The Morgan fingerprint density at radius 3 is 1.27 bits per heavy atom. The molecule has 0 bridgehead atoms. The topological polar surface area (TPSA) is 86.7 Å². The molecule has 5 aromatic carbocycles. The normalized spacial score (nSPS) is 13.6. The fourth-order valence-electron chi connectivity index (χ4n) is 4.22. The van der Waals surface area contributed by atoms with Crippen molar-refractivity contribution in [3.05, 3.63) is 147 Å². The molecule has 260 valence electrons. The second-order valence-corrected chi connectivity index (χ2v) is 21.8. The Hall–Kier alpha value is -3.07. The first-order chi connectivity index (χ1) is 23.0. The summed E-state index contributed by atoms with van der Waals surface area (Å²) in [5, 5.41) is 0. The van der Waals surface area contributed by atoms with Crippen LogP contribution in [0.3, 0.4) is 0 Å². The minimum atomic E-state index is -6.08. The predicted molar refractivity (Wildman–Crippen MR) is 182 cm³/mol. The van der Waals surface area contributed by atoms with Crippen LogP contribution in [0.25, 0.3) is 0 Å². The molecule has 5 rings (SSSR count). The van der Waals surface area contributed by atoms with Gasteiger partial charge in [0.25, 0.3) is 0 Å². The third-order valence-corrected chi connectivity index (χ3v) is 19.4. The average molecular weight is 873 g/mol. The fourth-order valence-corrected chi connectivity index (χ4v) is 16.2. The van der Waals surface area contributed by atoms with Crippen LogP contribution in [0, 0.1) is 7.14 Å². The SMILES string of the molecule is O=S(=O)(OI(c1ccccc1)c1ccc(Sc2ccc(S(OS(=O)(=O)C(F)(F)F)(c3ccccc3)c3ccccc3)cc2)cc1)C(F)(F)F. The first-order valence-electron chi connectivity index (χ1n) is 13.6. The number of benzene rings is 5. The quantitative estimate of drug-likeness (QED) is 0.0742. The average Bonchev–Trinajstić information content (AvgIpc) is 3.07. The zero-order valence-corrected chi connectivity index (χ0v) is 29.9. The van der Waals surface area contributed by atoms with E-state index in [1.807, 2.05) is 0 Å². The predicted octanol–water partition coefficient (Wildman–Crippen LogP) is 10.2. The van der Waals surface area contributed by atoms with E-state index in [0.717, 1.165) is 0 Å². The van der Waals surface area contributed by atoms with E-state index in [-0.39, 0.29) is 18.3 Å². The second kappa shape index (κ2) is 14.7. The van der Waals surface area contributed by atoms with Crippen molar-refractivity contribution in [2.24, 2.45) is 0 Å². The molecule has 0 unspecified atom stereocenters. The third kappa shape index (κ3) is 8.29. The summed E-state index contributed by atoms with van der Waals surface area (Å²) in [6.07, 6.45) is 0. The Kier molecular flexibility index (Phi) is 11.1. The standard InChI is InChI=1S/C32H23F6IO6S4/c33-31(34,35)48(40,41)44-39(24-10-4-1-5-11-24)25-16-18-26(19-17-25)46-27-20-22-30(23-21-27)47(28-12-6-2-7-13-28,29-14-8-3-9-15-29)45-49(42,43)32(36,37)38/h1-23H. The van der Waals surface area contributed by atoms with Gasteiger partial charge >= 0.3 is 236 Å². The van der Waals surface area contributed by atoms with Crippen molar-refractivity contribution in [3.63, 3.8) is 0 Å². The van der Waals surface area contributed by atoms with Gasteiger partial charge in [0.15, 0.2) is 0 Å². The van der Waals surface area contributed by atoms with Crippen LogP contribution < -0.4 is 0 Å². The summed E-state index contributed by atoms with van der Waals surface area (Å²) in [7, 11) is -15.4. The molecule has 0 aromatic heterocycles. The molecule has 0 atom stereocenters. The molecule has 0 aliphatic carbocycles. The molecular weight excluding hydrogens is 850 g/mol. The van der Waals surface area contributed by atoms with Gasteiger partial charge in [-0.15, -0.1) is 0 Å². The van der Waals surface area contributed by atoms with Crippen molar-refractivity contribution in [3.8, 4) is 0 Å². The van der Waals surface area contributed by atoms with Crippen LogP contribution in [0.15, 0.2) is 164 Å². The van der Waals surface area contributed by atoms with E-state index in [0.29, 0.717) is 13.4 Å². The molecule has 0 saturated heterocycles. The molecule has 0 N–H and O–H groups in total. The zero-order valence-electron chi connectivity index (χ0n) is 24.5. The van der Waals surface area contributed by atoms with Crippen LogP contribution in [0.2, 0.25) is 0 Å². The summed E-state index contributed by atoms with van der Waals surface area (Å²) in [6, 6.07) is 35.5. The van der Waals surface area contributed by atoms with Crippen LogP contribution in [0.1, 0.15) is 0 Å². The second-order valence-electron chi connectivity index (χ2n) is 9.68. The Morgan fingerprint density at radius 1 is 0.469 bits per heavy atom. The fraction of sp³-hybridized carbons (Fsp3) is 0.0625. The number of hydrogen-bond acceptors (Lipinski definition) is 7. The third-order valence-electron chi connectivity index (χ3n) is 6.39. The van der Waals surface area contributed by atoms with Gasteiger partial charge in [0.2, 0.25) is 0 Å². The van der Waals surface area contributed by atoms with Gasteiger partial charge in [-0.25, -0.2) is 0 Å². The van der Waals surface area contributed by atoms with Crippen LogP contribution in [-0.2, 0) is 26.4 Å². The van der Waals surface area contributed by atoms with Crippen LogP contribution >= 0.6 is 42.3 Å². The molecule has 0 amide bonds. The van der Waals surface area contributed by atoms with Crippen LogP contribution in [0.4, 0.5) is 26.3 Å². The molecule has 0 spiro atoms. The van der Waals surface area contributed by atoms with Crippen molar-refractivity contribution in [1.82, 2.24) is 0 Å². The van der Waals surface area contributed by atoms with E-state index >= 15 is 0 Å². The van der Waals surface area contributed by atoms with Gasteiger partial charge in [0, 0.05) is 0 Å². The van der Waals surface area contributed by atoms with Crippen LogP contribution in [0.5, 0.6) is 0 Å². The minimum absolute atomic E-state index is 0.165. The maximum absolute atomic E-state index is 13.7. The Morgan fingerprint density at radius 2 is 0.837 bits per heavy atom. The van der Waals surface area contributed by atoms with Crippen molar-refractivity contribution >= 4 is 62.5 Å². The van der Waals surface area contributed by atoms with Gasteiger partial charge in [-0.2, -0.15) is 21.6 Å². The van der Waals surface area contributed by atoms with E-state index in [1.54, 1.807) is 78.9 Å². The molecule has 0 aliphatic rings. The summed E-state index contributed by atoms with van der Waals surface area (Å²) in [4.78, 5) is 1.76. The Balaban J connectivity index is 1.49. The van der Waals surface area contributed by atoms with Gasteiger partial charge in [0.1, 0.15) is 0 Å². The molecule has 5 aromatic rings. The number of rotatable bonds is 11. The van der Waals surface area contributed by atoms with Gasteiger partial charge in [-0.1, -0.05) is 36.4 Å². The monoisotopic (exact) mass is 872 g/mol. The van der Waals surface area contributed by atoms with Crippen molar-refractivity contribution in [1.29, 1.82) is 0 Å². The Bertz CT molecular complexity index is 2040. The maximum atomic E-state index is 13.7. The van der Waals surface area contributed by atoms with Crippen molar-refractivity contribution in [2.45, 2.75) is 35.5 Å². The summed E-state index contributed by atoms with van der Waals surface area (Å²) in [5.41, 5.74) is -11.3. The van der Waals surface area contributed by atoms with E-state index in [2.05, 4.69) is 0 Å². The molecule has 17 heteroatoms. The molecule has 0 heterocycles. The molecule has 6 nitrogen and oxygen atoms in total. The Labute approximate surface area is 292 Å². The number of alkyl halides is 6. The van der Waals surface area contributed by atoms with Crippen LogP contribution in [-0.4, -0.2) is 27.9 Å². The van der Waals surface area contributed by atoms with Crippen molar-refractivity contribution < 1.29 is 49.3 Å². The van der Waals surface area contributed by atoms with E-state index < -0.39 is 61.8 Å². The first-order valence-corrected chi connectivity index (χ1v) is 21.9. The van der Waals surface area contributed by atoms with Gasteiger partial charge in [0.05, 0.1) is 0 Å². The van der Waals surface area contributed by atoms with E-state index in [9.17, 15) is 43.2 Å². The zero-order chi connectivity index (χ0) is 35.5. The van der Waals surface area contributed by atoms with Crippen molar-refractivity contribution in [2.75, 3.05) is 0 Å². The molecule has 0 radical (unpaired) electrons. The van der Waals surface area contributed by atoms with Gasteiger partial charge in [-0.3, -0.25) is 0 Å². The summed E-state index contributed by atoms with van der Waals surface area (Å²) in [5.74, 6) is 0. The number of halogens is 7. The summed E-state index contributed by atoms with van der Waals surface area (Å²) >= 11 is -2.38. The van der Waals surface area contributed by atoms with E-state index in [1.165, 1.54) is 72.4 Å². The molecular formula is C32H23F6IO6S4.